The van der Waals surface area contributed by atoms with Crippen molar-refractivity contribution in [3.05, 3.63) is 94.7 Å². The number of hydrogen-bond acceptors (Lipinski definition) is 4. The molecule has 0 aromatic heterocycles. The van der Waals surface area contributed by atoms with Crippen LogP contribution in [-0.4, -0.2) is 25.9 Å². The zero-order valence-corrected chi connectivity index (χ0v) is 19.1. The van der Waals surface area contributed by atoms with Crippen molar-refractivity contribution in [2.75, 3.05) is 29.2 Å². The van der Waals surface area contributed by atoms with Crippen LogP contribution in [0.2, 0.25) is 0 Å². The first kappa shape index (κ1) is 21.4. The summed E-state index contributed by atoms with van der Waals surface area (Å²) in [4.78, 5) is 30.4. The number of nitrogens with one attached hydrogen (secondary N) is 1. The maximum absolute atomic E-state index is 13.6. The standard InChI is InChI=1S/C27H27N3O2/c1-17-7-6-8-20(16-17)28-25-24(23-14-9-18(2)15-19(23)3)26(31)30(27(25)32)22-12-10-21(11-13-22)29(4)5/h6-16,28H,1-5H3. The molecule has 0 radical (unpaired) electrons. The second-order valence-electron chi connectivity index (χ2n) is 8.42. The van der Waals surface area contributed by atoms with Crippen LogP contribution >= 0.6 is 0 Å². The number of imide groups is 1. The van der Waals surface area contributed by atoms with Crippen molar-refractivity contribution in [2.45, 2.75) is 20.8 Å². The predicted octanol–water partition coefficient (Wildman–Crippen LogP) is 5.07. The highest BCUT2D eigenvalue weighted by Gasteiger charge is 2.40. The molecule has 3 aromatic carbocycles. The van der Waals surface area contributed by atoms with E-state index < -0.39 is 0 Å². The number of nitrogens with zero attached hydrogens (tertiary/aromatic N) is 2. The highest BCUT2D eigenvalue weighted by Crippen LogP contribution is 2.35. The van der Waals surface area contributed by atoms with Gasteiger partial charge in [-0.1, -0.05) is 35.9 Å². The van der Waals surface area contributed by atoms with Crippen LogP contribution in [0.15, 0.2) is 72.4 Å². The summed E-state index contributed by atoms with van der Waals surface area (Å²) in [5.74, 6) is -0.682. The predicted molar refractivity (Wildman–Crippen MR) is 131 cm³/mol. The molecule has 32 heavy (non-hydrogen) atoms. The Hall–Kier alpha value is -3.86. The number of carbonyl (C=O) groups excluding carboxylic acids is 2. The van der Waals surface area contributed by atoms with Crippen LogP contribution in [-0.2, 0) is 9.59 Å². The molecule has 0 aliphatic carbocycles. The van der Waals surface area contributed by atoms with E-state index >= 15 is 0 Å². The summed E-state index contributed by atoms with van der Waals surface area (Å²) >= 11 is 0. The molecule has 1 heterocycles. The normalized spacial score (nSPS) is 13.7. The van der Waals surface area contributed by atoms with Crippen LogP contribution in [0.25, 0.3) is 5.57 Å². The van der Waals surface area contributed by atoms with E-state index in [9.17, 15) is 9.59 Å². The van der Waals surface area contributed by atoms with E-state index in [1.54, 1.807) is 12.1 Å². The molecular weight excluding hydrogens is 398 g/mol. The summed E-state index contributed by atoms with van der Waals surface area (Å²) in [6.45, 7) is 5.97. The van der Waals surface area contributed by atoms with E-state index in [1.165, 1.54) is 4.90 Å². The number of hydrogen-bond donors (Lipinski definition) is 1. The molecule has 5 nitrogen and oxygen atoms in total. The van der Waals surface area contributed by atoms with Crippen molar-refractivity contribution < 1.29 is 9.59 Å². The van der Waals surface area contributed by atoms with Crippen LogP contribution in [0.3, 0.4) is 0 Å². The number of amides is 2. The first-order valence-electron chi connectivity index (χ1n) is 10.6. The topological polar surface area (TPSA) is 52.7 Å². The molecule has 0 saturated carbocycles. The zero-order valence-electron chi connectivity index (χ0n) is 19.1. The Bertz CT molecular complexity index is 1240. The minimum absolute atomic E-state index is 0.296. The Morgan fingerprint density at radius 3 is 2.09 bits per heavy atom. The molecule has 4 rings (SSSR count). The van der Waals surface area contributed by atoms with Crippen LogP contribution in [0, 0.1) is 20.8 Å². The summed E-state index contributed by atoms with van der Waals surface area (Å²) in [5.41, 5.74) is 6.89. The minimum atomic E-state index is -0.357. The van der Waals surface area contributed by atoms with Gasteiger partial charge in [0.15, 0.2) is 0 Å². The molecule has 162 valence electrons. The van der Waals surface area contributed by atoms with Crippen molar-refractivity contribution in [3.8, 4) is 0 Å². The summed E-state index contributed by atoms with van der Waals surface area (Å²) in [6.07, 6.45) is 0. The van der Waals surface area contributed by atoms with Gasteiger partial charge in [0.05, 0.1) is 11.3 Å². The van der Waals surface area contributed by atoms with Gasteiger partial charge in [-0.05, 0) is 73.9 Å². The second kappa shape index (κ2) is 8.35. The van der Waals surface area contributed by atoms with Crippen LogP contribution < -0.4 is 15.1 Å². The average Bonchev–Trinajstić information content (AvgIpc) is 2.98. The number of anilines is 3. The fourth-order valence-corrected chi connectivity index (χ4v) is 3.99. The lowest BCUT2D eigenvalue weighted by Crippen LogP contribution is -2.32. The molecule has 5 heteroatoms. The van der Waals surface area contributed by atoms with E-state index in [0.29, 0.717) is 17.0 Å². The van der Waals surface area contributed by atoms with Crippen molar-refractivity contribution in [2.24, 2.45) is 0 Å². The monoisotopic (exact) mass is 425 g/mol. The molecule has 1 N–H and O–H groups in total. The smallest absolute Gasteiger partial charge is 0.282 e. The van der Waals surface area contributed by atoms with E-state index in [1.807, 2.05) is 94.4 Å². The second-order valence-corrected chi connectivity index (χ2v) is 8.42. The number of carbonyl (C=O) groups is 2. The third-order valence-corrected chi connectivity index (χ3v) is 5.65. The Labute approximate surface area is 189 Å². The Kier molecular flexibility index (Phi) is 5.57. The first-order valence-corrected chi connectivity index (χ1v) is 10.6. The zero-order chi connectivity index (χ0) is 23.0. The summed E-state index contributed by atoms with van der Waals surface area (Å²) in [6, 6.07) is 21.1. The molecule has 0 saturated heterocycles. The van der Waals surface area contributed by atoms with Gasteiger partial charge in [0.1, 0.15) is 5.70 Å². The fraction of sp³-hybridized carbons (Fsp3) is 0.185. The van der Waals surface area contributed by atoms with Crippen LogP contribution in [0.5, 0.6) is 0 Å². The lowest BCUT2D eigenvalue weighted by Gasteiger charge is -2.18. The maximum atomic E-state index is 13.6. The van der Waals surface area contributed by atoms with Gasteiger partial charge in [0.25, 0.3) is 11.8 Å². The number of benzene rings is 3. The third-order valence-electron chi connectivity index (χ3n) is 5.65. The molecular formula is C27H27N3O2. The summed E-state index contributed by atoms with van der Waals surface area (Å²) < 4.78 is 0. The number of rotatable bonds is 5. The van der Waals surface area contributed by atoms with Crippen molar-refractivity contribution in [3.63, 3.8) is 0 Å². The van der Waals surface area contributed by atoms with E-state index in [4.69, 9.17) is 0 Å². The molecule has 0 atom stereocenters. The third kappa shape index (κ3) is 3.89. The molecule has 0 bridgehead atoms. The molecule has 0 spiro atoms. The van der Waals surface area contributed by atoms with Crippen molar-refractivity contribution in [1.29, 1.82) is 0 Å². The van der Waals surface area contributed by atoms with Gasteiger partial charge in [-0.2, -0.15) is 0 Å². The molecule has 0 fully saturated rings. The Morgan fingerprint density at radius 2 is 1.47 bits per heavy atom. The largest absolute Gasteiger partial charge is 0.378 e. The van der Waals surface area contributed by atoms with E-state index in [-0.39, 0.29) is 11.8 Å². The molecule has 1 aliphatic rings. The van der Waals surface area contributed by atoms with Gasteiger partial charge in [0, 0.05) is 25.5 Å². The van der Waals surface area contributed by atoms with Gasteiger partial charge >= 0.3 is 0 Å². The maximum Gasteiger partial charge on any atom is 0.282 e. The average molecular weight is 426 g/mol. The highest BCUT2D eigenvalue weighted by atomic mass is 16.2. The van der Waals surface area contributed by atoms with Gasteiger partial charge in [0.2, 0.25) is 0 Å². The lowest BCUT2D eigenvalue weighted by atomic mass is 9.97. The van der Waals surface area contributed by atoms with E-state index in [2.05, 4.69) is 5.32 Å². The minimum Gasteiger partial charge on any atom is -0.378 e. The quantitative estimate of drug-likeness (QED) is 0.580. The summed E-state index contributed by atoms with van der Waals surface area (Å²) in [5, 5.41) is 3.24. The summed E-state index contributed by atoms with van der Waals surface area (Å²) in [7, 11) is 3.90. The fourth-order valence-electron chi connectivity index (χ4n) is 3.99. The van der Waals surface area contributed by atoms with Gasteiger partial charge in [-0.3, -0.25) is 9.59 Å². The Balaban J connectivity index is 1.82. The van der Waals surface area contributed by atoms with Crippen molar-refractivity contribution >= 4 is 34.4 Å². The van der Waals surface area contributed by atoms with Crippen molar-refractivity contribution in [1.82, 2.24) is 0 Å². The van der Waals surface area contributed by atoms with Gasteiger partial charge in [-0.15, -0.1) is 0 Å². The first-order chi connectivity index (χ1) is 15.3. The molecule has 3 aromatic rings. The SMILES string of the molecule is Cc1cccc(NC2=C(c3ccc(C)cc3C)C(=O)N(c3ccc(N(C)C)cc3)C2=O)c1. The highest BCUT2D eigenvalue weighted by molar-refractivity contribution is 6.46. The van der Waals surface area contributed by atoms with Gasteiger partial charge in [-0.25, -0.2) is 4.90 Å². The van der Waals surface area contributed by atoms with Gasteiger partial charge < -0.3 is 10.2 Å². The van der Waals surface area contributed by atoms with E-state index in [0.717, 1.165) is 33.6 Å². The molecule has 0 unspecified atom stereocenters. The molecule has 2 amide bonds. The number of aryl methyl sites for hydroxylation is 3. The van der Waals surface area contributed by atoms with Crippen LogP contribution in [0.4, 0.5) is 17.1 Å². The molecule has 1 aliphatic heterocycles. The Morgan fingerprint density at radius 1 is 0.781 bits per heavy atom. The van der Waals surface area contributed by atoms with Crippen LogP contribution in [0.1, 0.15) is 22.3 Å². The lowest BCUT2D eigenvalue weighted by molar-refractivity contribution is -0.120.